The lowest BCUT2D eigenvalue weighted by atomic mass is 10.1. The standard InChI is InChI=1S/C17H18ClN5S/c1-2-22-6-8-23(9-7-22)16-14-13(10-24-17(14)21-11-20-16)12-4-3-5-19-15(12)18/h3-5,10-11H,2,6-9H2,1H3. The summed E-state index contributed by atoms with van der Waals surface area (Å²) >= 11 is 7.95. The summed E-state index contributed by atoms with van der Waals surface area (Å²) < 4.78 is 0. The van der Waals surface area contributed by atoms with Gasteiger partial charge in [-0.1, -0.05) is 18.5 Å². The summed E-state index contributed by atoms with van der Waals surface area (Å²) in [4.78, 5) is 19.1. The van der Waals surface area contributed by atoms with Gasteiger partial charge in [0, 0.05) is 48.9 Å². The number of thiophene rings is 1. The zero-order chi connectivity index (χ0) is 16.5. The lowest BCUT2D eigenvalue weighted by Gasteiger charge is -2.35. The molecule has 1 aliphatic rings. The molecule has 7 heteroatoms. The fourth-order valence-electron chi connectivity index (χ4n) is 3.16. The Balaban J connectivity index is 1.80. The van der Waals surface area contributed by atoms with E-state index in [1.807, 2.05) is 12.1 Å². The van der Waals surface area contributed by atoms with Crippen molar-refractivity contribution in [2.45, 2.75) is 6.92 Å². The van der Waals surface area contributed by atoms with Crippen molar-refractivity contribution in [3.8, 4) is 11.1 Å². The highest BCUT2D eigenvalue weighted by molar-refractivity contribution is 7.17. The highest BCUT2D eigenvalue weighted by Crippen LogP contribution is 2.39. The van der Waals surface area contributed by atoms with Gasteiger partial charge in [-0.2, -0.15) is 0 Å². The Morgan fingerprint density at radius 1 is 1.12 bits per heavy atom. The second-order valence-corrected chi connectivity index (χ2v) is 7.01. The molecule has 5 nitrogen and oxygen atoms in total. The molecular weight excluding hydrogens is 342 g/mol. The summed E-state index contributed by atoms with van der Waals surface area (Å²) in [7, 11) is 0. The molecule has 3 aromatic rings. The Bertz CT molecular complexity index is 857. The van der Waals surface area contributed by atoms with E-state index in [2.05, 4.69) is 37.1 Å². The van der Waals surface area contributed by atoms with Crippen LogP contribution in [0.25, 0.3) is 21.3 Å². The summed E-state index contributed by atoms with van der Waals surface area (Å²) in [6.07, 6.45) is 3.37. The second kappa shape index (κ2) is 6.63. The minimum absolute atomic E-state index is 0.516. The van der Waals surface area contributed by atoms with Crippen LogP contribution in [0.2, 0.25) is 5.15 Å². The maximum atomic E-state index is 6.32. The topological polar surface area (TPSA) is 45.2 Å². The van der Waals surface area contributed by atoms with Crippen molar-refractivity contribution in [1.82, 2.24) is 19.9 Å². The summed E-state index contributed by atoms with van der Waals surface area (Å²) in [5.41, 5.74) is 2.01. The van der Waals surface area contributed by atoms with Crippen molar-refractivity contribution < 1.29 is 0 Å². The van der Waals surface area contributed by atoms with Crippen LogP contribution in [0.15, 0.2) is 30.0 Å². The molecule has 24 heavy (non-hydrogen) atoms. The van der Waals surface area contributed by atoms with Crippen LogP contribution in [0.4, 0.5) is 5.82 Å². The Morgan fingerprint density at radius 3 is 2.71 bits per heavy atom. The van der Waals surface area contributed by atoms with Gasteiger partial charge >= 0.3 is 0 Å². The Hall–Kier alpha value is -1.76. The molecule has 0 unspecified atom stereocenters. The van der Waals surface area contributed by atoms with Gasteiger partial charge in [-0.05, 0) is 18.7 Å². The fraction of sp³-hybridized carbons (Fsp3) is 0.353. The number of hydrogen-bond acceptors (Lipinski definition) is 6. The predicted molar refractivity (Wildman–Crippen MR) is 100.0 cm³/mol. The minimum Gasteiger partial charge on any atom is -0.353 e. The molecule has 0 atom stereocenters. The Kier molecular flexibility index (Phi) is 4.35. The lowest BCUT2D eigenvalue weighted by Crippen LogP contribution is -2.46. The van der Waals surface area contributed by atoms with Crippen LogP contribution in [-0.2, 0) is 0 Å². The zero-order valence-electron chi connectivity index (χ0n) is 13.4. The molecule has 124 valence electrons. The summed E-state index contributed by atoms with van der Waals surface area (Å²) in [6, 6.07) is 3.91. The average Bonchev–Trinajstić information content (AvgIpc) is 3.06. The lowest BCUT2D eigenvalue weighted by molar-refractivity contribution is 0.271. The SMILES string of the molecule is CCN1CCN(c2ncnc3scc(-c4cccnc4Cl)c23)CC1. The summed E-state index contributed by atoms with van der Waals surface area (Å²) in [5.74, 6) is 1.01. The van der Waals surface area contributed by atoms with Gasteiger partial charge in [-0.15, -0.1) is 11.3 Å². The molecule has 0 bridgehead atoms. The third-order valence-corrected chi connectivity index (χ3v) is 5.71. The van der Waals surface area contributed by atoms with E-state index < -0.39 is 0 Å². The molecular formula is C17H18ClN5S. The molecule has 3 aromatic heterocycles. The van der Waals surface area contributed by atoms with Gasteiger partial charge in [0.1, 0.15) is 22.1 Å². The fourth-order valence-corrected chi connectivity index (χ4v) is 4.28. The molecule has 1 fully saturated rings. The van der Waals surface area contributed by atoms with Gasteiger partial charge in [0.2, 0.25) is 0 Å². The smallest absolute Gasteiger partial charge is 0.141 e. The van der Waals surface area contributed by atoms with Gasteiger partial charge in [0.25, 0.3) is 0 Å². The molecule has 1 saturated heterocycles. The van der Waals surface area contributed by atoms with Crippen molar-refractivity contribution in [2.24, 2.45) is 0 Å². The molecule has 0 spiro atoms. The van der Waals surface area contributed by atoms with Crippen molar-refractivity contribution >= 4 is 39.0 Å². The van der Waals surface area contributed by atoms with Gasteiger partial charge in [-0.25, -0.2) is 15.0 Å². The van der Waals surface area contributed by atoms with E-state index in [0.717, 1.165) is 59.9 Å². The molecule has 1 aliphatic heterocycles. The molecule has 0 N–H and O–H groups in total. The normalized spacial score (nSPS) is 16.0. The zero-order valence-corrected chi connectivity index (χ0v) is 15.0. The van der Waals surface area contributed by atoms with E-state index in [1.54, 1.807) is 23.9 Å². The number of fused-ring (bicyclic) bond motifs is 1. The van der Waals surface area contributed by atoms with Gasteiger partial charge in [0.05, 0.1) is 5.39 Å². The molecule has 4 heterocycles. The molecule has 4 rings (SSSR count). The maximum absolute atomic E-state index is 6.32. The molecule has 0 aromatic carbocycles. The molecule has 0 amide bonds. The summed E-state index contributed by atoms with van der Waals surface area (Å²) in [5, 5.41) is 3.71. The van der Waals surface area contributed by atoms with E-state index in [9.17, 15) is 0 Å². The van der Waals surface area contributed by atoms with Crippen LogP contribution >= 0.6 is 22.9 Å². The van der Waals surface area contributed by atoms with E-state index in [-0.39, 0.29) is 0 Å². The van der Waals surface area contributed by atoms with Crippen LogP contribution in [0.3, 0.4) is 0 Å². The van der Waals surface area contributed by atoms with Gasteiger partial charge in [-0.3, -0.25) is 0 Å². The van der Waals surface area contributed by atoms with Crippen LogP contribution in [0.1, 0.15) is 6.92 Å². The minimum atomic E-state index is 0.516. The Labute approximate surface area is 149 Å². The van der Waals surface area contributed by atoms with E-state index in [4.69, 9.17) is 11.6 Å². The van der Waals surface area contributed by atoms with E-state index >= 15 is 0 Å². The highest BCUT2D eigenvalue weighted by atomic mass is 35.5. The number of rotatable bonds is 3. The van der Waals surface area contributed by atoms with E-state index in [1.165, 1.54) is 0 Å². The predicted octanol–water partition coefficient (Wildman–Crippen LogP) is 3.55. The van der Waals surface area contributed by atoms with Crippen molar-refractivity contribution in [3.05, 3.63) is 35.2 Å². The highest BCUT2D eigenvalue weighted by Gasteiger charge is 2.22. The monoisotopic (exact) mass is 359 g/mol. The number of likely N-dealkylation sites (N-methyl/N-ethyl adjacent to an activating group) is 1. The Morgan fingerprint density at radius 2 is 1.96 bits per heavy atom. The van der Waals surface area contributed by atoms with Crippen molar-refractivity contribution in [2.75, 3.05) is 37.6 Å². The third kappa shape index (κ3) is 2.75. The number of nitrogens with zero attached hydrogens (tertiary/aromatic N) is 5. The first-order valence-electron chi connectivity index (χ1n) is 8.08. The number of hydrogen-bond donors (Lipinski definition) is 0. The molecule has 0 saturated carbocycles. The number of anilines is 1. The van der Waals surface area contributed by atoms with E-state index in [0.29, 0.717) is 5.15 Å². The van der Waals surface area contributed by atoms with Crippen LogP contribution in [-0.4, -0.2) is 52.6 Å². The number of aromatic nitrogens is 3. The average molecular weight is 360 g/mol. The first-order chi connectivity index (χ1) is 11.8. The molecule has 0 radical (unpaired) electrons. The van der Waals surface area contributed by atoms with Gasteiger partial charge < -0.3 is 9.80 Å². The first-order valence-corrected chi connectivity index (χ1v) is 9.34. The second-order valence-electron chi connectivity index (χ2n) is 5.79. The largest absolute Gasteiger partial charge is 0.353 e. The van der Waals surface area contributed by atoms with Crippen LogP contribution in [0, 0.1) is 0 Å². The number of halogens is 1. The van der Waals surface area contributed by atoms with Crippen molar-refractivity contribution in [3.63, 3.8) is 0 Å². The number of piperazine rings is 1. The van der Waals surface area contributed by atoms with Crippen LogP contribution < -0.4 is 4.90 Å². The van der Waals surface area contributed by atoms with Crippen molar-refractivity contribution in [1.29, 1.82) is 0 Å². The quantitative estimate of drug-likeness (QED) is 0.669. The number of pyridine rings is 1. The van der Waals surface area contributed by atoms with Gasteiger partial charge in [0.15, 0.2) is 0 Å². The molecule has 0 aliphatic carbocycles. The summed E-state index contributed by atoms with van der Waals surface area (Å²) in [6.45, 7) is 7.40. The first kappa shape index (κ1) is 15.7. The third-order valence-electron chi connectivity index (χ3n) is 4.52. The van der Waals surface area contributed by atoms with Crippen LogP contribution in [0.5, 0.6) is 0 Å². The maximum Gasteiger partial charge on any atom is 0.141 e.